The quantitative estimate of drug-likeness (QED) is 0.907. The molecular formula is C15H19NO4. The Kier molecular flexibility index (Phi) is 4.61. The van der Waals surface area contributed by atoms with Crippen LogP contribution >= 0.6 is 0 Å². The molecule has 1 aromatic rings. The van der Waals surface area contributed by atoms with Gasteiger partial charge in [0.05, 0.1) is 19.4 Å². The molecule has 1 aromatic carbocycles. The molecule has 0 saturated carbocycles. The van der Waals surface area contributed by atoms with Crippen LogP contribution in [-0.2, 0) is 16.0 Å². The molecule has 0 radical (unpaired) electrons. The number of benzene rings is 1. The summed E-state index contributed by atoms with van der Waals surface area (Å²) in [5, 5.41) is 8.94. The van der Waals surface area contributed by atoms with E-state index in [1.165, 1.54) is 0 Å². The van der Waals surface area contributed by atoms with E-state index in [2.05, 4.69) is 0 Å². The zero-order valence-corrected chi connectivity index (χ0v) is 11.5. The van der Waals surface area contributed by atoms with Crippen molar-refractivity contribution >= 4 is 11.9 Å². The van der Waals surface area contributed by atoms with E-state index in [0.717, 1.165) is 11.3 Å². The van der Waals surface area contributed by atoms with E-state index < -0.39 is 5.97 Å². The van der Waals surface area contributed by atoms with Gasteiger partial charge in [-0.25, -0.2) is 0 Å². The number of hydrogen-bond acceptors (Lipinski definition) is 3. The Bertz CT molecular complexity index is 492. The van der Waals surface area contributed by atoms with Gasteiger partial charge >= 0.3 is 5.97 Å². The number of rotatable bonds is 4. The van der Waals surface area contributed by atoms with Crippen molar-refractivity contribution in [3.63, 3.8) is 0 Å². The number of aliphatic carboxylic acids is 1. The molecule has 1 amide bonds. The molecule has 20 heavy (non-hydrogen) atoms. The molecule has 5 heteroatoms. The van der Waals surface area contributed by atoms with E-state index >= 15 is 0 Å². The van der Waals surface area contributed by atoms with Crippen LogP contribution in [0.2, 0.25) is 0 Å². The maximum absolute atomic E-state index is 12.2. The van der Waals surface area contributed by atoms with Crippen molar-refractivity contribution in [3.8, 4) is 5.75 Å². The maximum atomic E-state index is 12.2. The molecule has 0 spiro atoms. The fourth-order valence-corrected chi connectivity index (χ4v) is 2.44. The van der Waals surface area contributed by atoms with Crippen molar-refractivity contribution in [1.82, 2.24) is 4.90 Å². The molecule has 0 bridgehead atoms. The van der Waals surface area contributed by atoms with E-state index in [0.29, 0.717) is 32.4 Å². The molecule has 2 rings (SSSR count). The summed E-state index contributed by atoms with van der Waals surface area (Å²) in [6, 6.07) is 7.44. The number of piperidine rings is 1. The molecule has 1 fully saturated rings. The molecule has 0 aromatic heterocycles. The van der Waals surface area contributed by atoms with Crippen molar-refractivity contribution in [2.24, 2.45) is 5.92 Å². The Morgan fingerprint density at radius 1 is 1.35 bits per heavy atom. The van der Waals surface area contributed by atoms with Gasteiger partial charge in [0.15, 0.2) is 0 Å². The smallest absolute Gasteiger partial charge is 0.306 e. The first kappa shape index (κ1) is 14.4. The standard InChI is InChI=1S/C15H19NO4/c1-20-13-4-2-3-11(9-13)10-14(17)16-7-5-12(6-8-16)15(18)19/h2-4,9,12H,5-8,10H2,1H3,(H,18,19). The summed E-state index contributed by atoms with van der Waals surface area (Å²) in [4.78, 5) is 24.8. The second-order valence-corrected chi connectivity index (χ2v) is 5.02. The number of amides is 1. The summed E-state index contributed by atoms with van der Waals surface area (Å²) < 4.78 is 5.13. The van der Waals surface area contributed by atoms with Gasteiger partial charge in [0, 0.05) is 13.1 Å². The molecule has 1 aliphatic heterocycles. The molecule has 5 nitrogen and oxygen atoms in total. The number of hydrogen-bond donors (Lipinski definition) is 1. The number of carbonyl (C=O) groups is 2. The van der Waals surface area contributed by atoms with Gasteiger partial charge in [-0.05, 0) is 30.5 Å². The minimum absolute atomic E-state index is 0.0436. The van der Waals surface area contributed by atoms with Gasteiger partial charge in [0.25, 0.3) is 0 Å². The first-order valence-electron chi connectivity index (χ1n) is 6.73. The molecule has 1 aliphatic rings. The van der Waals surface area contributed by atoms with E-state index in [1.807, 2.05) is 24.3 Å². The predicted octanol–water partition coefficient (Wildman–Crippen LogP) is 1.56. The van der Waals surface area contributed by atoms with Crippen LogP contribution < -0.4 is 4.74 Å². The van der Waals surface area contributed by atoms with Crippen LogP contribution in [0.25, 0.3) is 0 Å². The second kappa shape index (κ2) is 6.41. The Hall–Kier alpha value is -2.04. The second-order valence-electron chi connectivity index (χ2n) is 5.02. The van der Waals surface area contributed by atoms with Gasteiger partial charge in [0.1, 0.15) is 5.75 Å². The number of nitrogens with zero attached hydrogens (tertiary/aromatic N) is 1. The van der Waals surface area contributed by atoms with Crippen LogP contribution in [0.1, 0.15) is 18.4 Å². The number of ether oxygens (including phenoxy) is 1. The highest BCUT2D eigenvalue weighted by Crippen LogP contribution is 2.19. The molecule has 0 unspecified atom stereocenters. The minimum atomic E-state index is -0.759. The van der Waals surface area contributed by atoms with Crippen LogP contribution in [0.3, 0.4) is 0 Å². The van der Waals surface area contributed by atoms with Gasteiger partial charge in [0.2, 0.25) is 5.91 Å². The normalized spacial score (nSPS) is 15.9. The summed E-state index contributed by atoms with van der Waals surface area (Å²) in [5.74, 6) is -0.289. The van der Waals surface area contributed by atoms with Gasteiger partial charge < -0.3 is 14.7 Å². The lowest BCUT2D eigenvalue weighted by atomic mass is 9.96. The van der Waals surface area contributed by atoms with Crippen LogP contribution in [0.4, 0.5) is 0 Å². The highest BCUT2D eigenvalue weighted by atomic mass is 16.5. The minimum Gasteiger partial charge on any atom is -0.497 e. The number of carbonyl (C=O) groups excluding carboxylic acids is 1. The van der Waals surface area contributed by atoms with E-state index in [9.17, 15) is 9.59 Å². The summed E-state index contributed by atoms with van der Waals surface area (Å²) >= 11 is 0. The van der Waals surface area contributed by atoms with Crippen LogP contribution in [0.5, 0.6) is 5.75 Å². The molecule has 0 aliphatic carbocycles. The van der Waals surface area contributed by atoms with E-state index in [-0.39, 0.29) is 11.8 Å². The summed E-state index contributed by atoms with van der Waals surface area (Å²) in [6.45, 7) is 1.06. The Morgan fingerprint density at radius 3 is 2.65 bits per heavy atom. The number of carboxylic acid groups (broad SMARTS) is 1. The van der Waals surface area contributed by atoms with Gasteiger partial charge in [-0.15, -0.1) is 0 Å². The lowest BCUT2D eigenvalue weighted by Gasteiger charge is -2.30. The van der Waals surface area contributed by atoms with Crippen molar-refractivity contribution < 1.29 is 19.4 Å². The third-order valence-corrected chi connectivity index (χ3v) is 3.69. The maximum Gasteiger partial charge on any atom is 0.306 e. The van der Waals surface area contributed by atoms with Crippen molar-refractivity contribution in [2.75, 3.05) is 20.2 Å². The summed E-state index contributed by atoms with van der Waals surface area (Å²) in [6.07, 6.45) is 1.41. The first-order valence-corrected chi connectivity index (χ1v) is 6.73. The van der Waals surface area contributed by atoms with Gasteiger partial charge in [-0.1, -0.05) is 12.1 Å². The van der Waals surface area contributed by atoms with E-state index in [1.54, 1.807) is 12.0 Å². The Labute approximate surface area is 118 Å². The summed E-state index contributed by atoms with van der Waals surface area (Å²) in [5.41, 5.74) is 0.912. The number of likely N-dealkylation sites (tertiary alicyclic amines) is 1. The van der Waals surface area contributed by atoms with Crippen LogP contribution in [0.15, 0.2) is 24.3 Å². The molecule has 1 saturated heterocycles. The average molecular weight is 277 g/mol. The molecule has 1 heterocycles. The van der Waals surface area contributed by atoms with Gasteiger partial charge in [-0.2, -0.15) is 0 Å². The average Bonchev–Trinajstić information content (AvgIpc) is 2.47. The molecule has 1 N–H and O–H groups in total. The highest BCUT2D eigenvalue weighted by molar-refractivity contribution is 5.79. The fourth-order valence-electron chi connectivity index (χ4n) is 2.44. The zero-order valence-electron chi connectivity index (χ0n) is 11.5. The third kappa shape index (κ3) is 3.50. The Morgan fingerprint density at radius 2 is 2.05 bits per heavy atom. The van der Waals surface area contributed by atoms with Crippen LogP contribution in [0, 0.1) is 5.92 Å². The van der Waals surface area contributed by atoms with Crippen LogP contribution in [-0.4, -0.2) is 42.1 Å². The fraction of sp³-hybridized carbons (Fsp3) is 0.467. The lowest BCUT2D eigenvalue weighted by molar-refractivity contribution is -0.145. The zero-order chi connectivity index (χ0) is 14.5. The van der Waals surface area contributed by atoms with Gasteiger partial charge in [-0.3, -0.25) is 9.59 Å². The SMILES string of the molecule is COc1cccc(CC(=O)N2CCC(C(=O)O)CC2)c1. The lowest BCUT2D eigenvalue weighted by Crippen LogP contribution is -2.40. The van der Waals surface area contributed by atoms with Crippen molar-refractivity contribution in [3.05, 3.63) is 29.8 Å². The Balaban J connectivity index is 1.91. The summed E-state index contributed by atoms with van der Waals surface area (Å²) in [7, 11) is 1.59. The van der Waals surface area contributed by atoms with Crippen molar-refractivity contribution in [1.29, 1.82) is 0 Å². The third-order valence-electron chi connectivity index (χ3n) is 3.69. The number of carboxylic acids is 1. The van der Waals surface area contributed by atoms with Crippen molar-refractivity contribution in [2.45, 2.75) is 19.3 Å². The number of methoxy groups -OCH3 is 1. The monoisotopic (exact) mass is 277 g/mol. The molecule has 0 atom stereocenters. The first-order chi connectivity index (χ1) is 9.60. The molecular weight excluding hydrogens is 258 g/mol. The molecule has 108 valence electrons. The largest absolute Gasteiger partial charge is 0.497 e. The topological polar surface area (TPSA) is 66.8 Å². The predicted molar refractivity (Wildman–Crippen MR) is 73.6 cm³/mol. The highest BCUT2D eigenvalue weighted by Gasteiger charge is 2.26. The van der Waals surface area contributed by atoms with E-state index in [4.69, 9.17) is 9.84 Å².